The zero-order valence-corrected chi connectivity index (χ0v) is 18.6. The van der Waals surface area contributed by atoms with E-state index in [-0.39, 0.29) is 31.3 Å². The molecule has 0 heterocycles. The third kappa shape index (κ3) is 3.95. The van der Waals surface area contributed by atoms with Crippen molar-refractivity contribution in [3.63, 3.8) is 0 Å². The highest BCUT2D eigenvalue weighted by Gasteiger charge is 2.83. The highest BCUT2D eigenvalue weighted by atomic mass is 32.2. The molecule has 0 spiro atoms. The van der Waals surface area contributed by atoms with Gasteiger partial charge in [-0.05, 0) is 50.9 Å². The first-order valence-corrected chi connectivity index (χ1v) is 12.4. The smallest absolute Gasteiger partial charge is 0.439 e. The molecule has 0 saturated heterocycles. The lowest BCUT2D eigenvalue weighted by atomic mass is 9.52. The summed E-state index contributed by atoms with van der Waals surface area (Å²) in [6, 6.07) is 0. The summed E-state index contributed by atoms with van der Waals surface area (Å²) in [5.74, 6) is -8.72. The largest absolute Gasteiger partial charge is 0.456 e. The van der Waals surface area contributed by atoms with E-state index in [0.29, 0.717) is 6.42 Å². The van der Waals surface area contributed by atoms with Gasteiger partial charge >= 0.3 is 42.6 Å². The molecule has 0 amide bonds. The molecular formula is C17H20F6O8S2. The molecule has 2 unspecified atom stereocenters. The van der Waals surface area contributed by atoms with Gasteiger partial charge in [0.05, 0.1) is 5.60 Å². The molecule has 1 N–H and O–H groups in total. The second kappa shape index (κ2) is 7.31. The van der Waals surface area contributed by atoms with Gasteiger partial charge in [-0.15, -0.1) is 0 Å². The fraction of sp³-hybridized carbons (Fsp3) is 0.824. The minimum atomic E-state index is -7.14. The van der Waals surface area contributed by atoms with Crippen LogP contribution in [0, 0.1) is 11.8 Å². The summed E-state index contributed by atoms with van der Waals surface area (Å²) in [4.78, 5) is 12.0. The molecule has 4 aliphatic carbocycles. The Morgan fingerprint density at radius 2 is 1.39 bits per heavy atom. The summed E-state index contributed by atoms with van der Waals surface area (Å²) in [6.07, 6.45) is 0.0194. The van der Waals surface area contributed by atoms with E-state index in [0.717, 1.165) is 0 Å². The molecule has 4 fully saturated rings. The van der Waals surface area contributed by atoms with Crippen molar-refractivity contribution in [3.8, 4) is 0 Å². The number of alkyl halides is 6. The molecule has 8 nitrogen and oxygen atoms in total. The summed E-state index contributed by atoms with van der Waals surface area (Å²) in [5.41, 5.74) is -3.43. The summed E-state index contributed by atoms with van der Waals surface area (Å²) in [6.45, 7) is 4.74. The van der Waals surface area contributed by atoms with Gasteiger partial charge in [-0.25, -0.2) is 4.79 Å². The number of ether oxygens (including phenoxy) is 1. The van der Waals surface area contributed by atoms with E-state index in [2.05, 4.69) is 10.8 Å². The zero-order chi connectivity index (χ0) is 25.5. The van der Waals surface area contributed by atoms with Crippen LogP contribution in [-0.4, -0.2) is 55.0 Å². The van der Waals surface area contributed by atoms with Gasteiger partial charge in [0, 0.05) is 12.0 Å². The van der Waals surface area contributed by atoms with Gasteiger partial charge < -0.3 is 4.74 Å². The Balaban J connectivity index is 1.96. The minimum absolute atomic E-state index is 0.00745. The van der Waals surface area contributed by atoms with E-state index < -0.39 is 72.1 Å². The van der Waals surface area contributed by atoms with Crippen LogP contribution in [0.4, 0.5) is 26.3 Å². The second-order valence-electron chi connectivity index (χ2n) is 9.12. The molecule has 0 aromatic carbocycles. The third-order valence-corrected chi connectivity index (χ3v) is 8.63. The fourth-order valence-corrected chi connectivity index (χ4v) is 7.09. The average molecular weight is 530 g/mol. The normalized spacial score (nSPS) is 32.6. The van der Waals surface area contributed by atoms with Crippen molar-refractivity contribution in [2.75, 3.05) is 0 Å². The van der Waals surface area contributed by atoms with Crippen LogP contribution in [0.2, 0.25) is 0 Å². The van der Waals surface area contributed by atoms with E-state index in [1.54, 1.807) is 0 Å². The molecule has 33 heavy (non-hydrogen) atoms. The van der Waals surface area contributed by atoms with Crippen molar-refractivity contribution in [2.24, 2.45) is 11.8 Å². The van der Waals surface area contributed by atoms with Crippen LogP contribution < -0.4 is 0 Å². The summed E-state index contributed by atoms with van der Waals surface area (Å²) >= 11 is 0. The van der Waals surface area contributed by atoms with Crippen LogP contribution in [0.1, 0.15) is 45.4 Å². The molecule has 190 valence electrons. The molecule has 0 aromatic rings. The van der Waals surface area contributed by atoms with E-state index in [1.165, 1.54) is 6.92 Å². The van der Waals surface area contributed by atoms with Crippen molar-refractivity contribution in [3.05, 3.63) is 12.2 Å². The Morgan fingerprint density at radius 3 is 1.82 bits per heavy atom. The van der Waals surface area contributed by atoms with Gasteiger partial charge in [-0.1, -0.05) is 6.58 Å². The third-order valence-electron chi connectivity index (χ3n) is 6.27. The maximum absolute atomic E-state index is 14.3. The Labute approximate surface area is 185 Å². The number of esters is 1. The van der Waals surface area contributed by atoms with Gasteiger partial charge in [0.25, 0.3) is 0 Å². The van der Waals surface area contributed by atoms with Crippen LogP contribution in [0.3, 0.4) is 0 Å². The van der Waals surface area contributed by atoms with Crippen LogP contribution in [0.5, 0.6) is 0 Å². The molecule has 0 aromatic heterocycles. The highest BCUT2D eigenvalue weighted by Crippen LogP contribution is 2.62. The molecule has 0 radical (unpaired) electrons. The average Bonchev–Trinajstić information content (AvgIpc) is 2.57. The number of rotatable bonds is 8. The molecule has 4 aliphatic rings. The Hall–Kier alpha value is -1.39. The predicted octanol–water partition coefficient (Wildman–Crippen LogP) is 3.25. The lowest BCUT2D eigenvalue weighted by Crippen LogP contribution is -2.65. The van der Waals surface area contributed by atoms with Crippen LogP contribution in [0.25, 0.3) is 0 Å². The lowest BCUT2D eigenvalue weighted by Gasteiger charge is -2.60. The number of carbonyl (C=O) groups excluding carboxylic acids is 1. The second-order valence-corrected chi connectivity index (χ2v) is 12.2. The van der Waals surface area contributed by atoms with Crippen molar-refractivity contribution < 1.29 is 61.4 Å². The van der Waals surface area contributed by atoms with Crippen LogP contribution in [0.15, 0.2) is 12.2 Å². The molecule has 4 rings (SSSR count). The fourth-order valence-electron chi connectivity index (χ4n) is 5.37. The standard InChI is InChI=1S/C17H20F6O8S2/c1-9(2)12(24)30-13-4-10-3-11(5-13)7-14(6-10,8-13)31-33(28,29)17(22,23)15(18,19)16(20,21)32(25,26)27/h10-11H,1,3-8H2,2H3,(H,25,26,27). The van der Waals surface area contributed by atoms with E-state index in [1.807, 2.05) is 0 Å². The van der Waals surface area contributed by atoms with Gasteiger partial charge in [0.15, 0.2) is 0 Å². The predicted molar refractivity (Wildman–Crippen MR) is 97.4 cm³/mol. The molecular weight excluding hydrogens is 510 g/mol. The summed E-state index contributed by atoms with van der Waals surface area (Å²) < 4.78 is 147. The van der Waals surface area contributed by atoms with Crippen molar-refractivity contribution in [2.45, 2.75) is 73.1 Å². The summed E-state index contributed by atoms with van der Waals surface area (Å²) in [7, 11) is -14.0. The number of halogens is 6. The van der Waals surface area contributed by atoms with Gasteiger partial charge in [0.2, 0.25) is 0 Å². The maximum atomic E-state index is 14.3. The van der Waals surface area contributed by atoms with Gasteiger partial charge in [-0.2, -0.15) is 43.2 Å². The first kappa shape index (κ1) is 26.2. The molecule has 4 bridgehead atoms. The topological polar surface area (TPSA) is 124 Å². The van der Waals surface area contributed by atoms with Gasteiger partial charge in [0.1, 0.15) is 5.60 Å². The monoisotopic (exact) mass is 530 g/mol. The highest BCUT2D eigenvalue weighted by molar-refractivity contribution is 7.88. The Bertz CT molecular complexity index is 1070. The first-order valence-electron chi connectivity index (χ1n) is 9.55. The maximum Gasteiger partial charge on any atom is 0.439 e. The van der Waals surface area contributed by atoms with Crippen LogP contribution in [-0.2, 0) is 34.0 Å². The Kier molecular flexibility index (Phi) is 5.80. The number of carbonyl (C=O) groups is 1. The van der Waals surface area contributed by atoms with Crippen molar-refractivity contribution >= 4 is 26.2 Å². The minimum Gasteiger partial charge on any atom is -0.456 e. The van der Waals surface area contributed by atoms with Crippen molar-refractivity contribution in [1.29, 1.82) is 0 Å². The van der Waals surface area contributed by atoms with E-state index in [4.69, 9.17) is 9.29 Å². The van der Waals surface area contributed by atoms with Gasteiger partial charge in [-0.3, -0.25) is 8.74 Å². The molecule has 2 atom stereocenters. The lowest BCUT2D eigenvalue weighted by molar-refractivity contribution is -0.252. The quantitative estimate of drug-likeness (QED) is 0.167. The summed E-state index contributed by atoms with van der Waals surface area (Å²) in [5, 5.41) is -13.6. The number of hydrogen-bond acceptors (Lipinski definition) is 7. The van der Waals surface area contributed by atoms with Crippen LogP contribution >= 0.6 is 0 Å². The van der Waals surface area contributed by atoms with Crippen molar-refractivity contribution in [1.82, 2.24) is 0 Å². The SMILES string of the molecule is C=C(C)C(=O)OC12CC3CC(C1)CC(OS(=O)(=O)C(F)(F)C(F)(F)C(F)(F)S(=O)(=O)O)(C3)C2. The van der Waals surface area contributed by atoms with E-state index >= 15 is 0 Å². The number of hydrogen-bond donors (Lipinski definition) is 1. The molecule has 0 aliphatic heterocycles. The molecule has 16 heteroatoms. The Morgan fingerprint density at radius 1 is 0.939 bits per heavy atom. The zero-order valence-electron chi connectivity index (χ0n) is 17.0. The first-order chi connectivity index (χ1) is 14.6. The van der Waals surface area contributed by atoms with E-state index in [9.17, 15) is 48.0 Å². The molecule has 4 saturated carbocycles.